The van der Waals surface area contributed by atoms with Gasteiger partial charge in [-0.3, -0.25) is 4.79 Å². The minimum Gasteiger partial charge on any atom is -0.472 e. The van der Waals surface area contributed by atoms with Gasteiger partial charge in [0.1, 0.15) is 11.1 Å². The van der Waals surface area contributed by atoms with Gasteiger partial charge in [-0.05, 0) is 36.2 Å². The highest BCUT2D eigenvalue weighted by Gasteiger charge is 2.18. The monoisotopic (exact) mass is 446 g/mol. The Morgan fingerprint density at radius 3 is 2.93 bits per heavy atom. The molecule has 0 radical (unpaired) electrons. The third kappa shape index (κ3) is 4.59. The Balaban J connectivity index is 1.48. The molecule has 0 spiro atoms. The van der Waals surface area contributed by atoms with Crippen LogP contribution in [-0.4, -0.2) is 34.1 Å². The molecule has 1 aliphatic heterocycles. The summed E-state index contributed by atoms with van der Waals surface area (Å²) in [4.78, 5) is 16.9. The van der Waals surface area contributed by atoms with Crippen molar-refractivity contribution >= 4 is 28.9 Å². The van der Waals surface area contributed by atoms with Crippen LogP contribution in [0.2, 0.25) is 10.0 Å². The number of nitrogens with zero attached hydrogens (tertiary/aromatic N) is 3. The first-order valence-corrected chi connectivity index (χ1v) is 10.2. The molecular formula is C21H20Cl2N4O3. The molecule has 2 aromatic heterocycles. The molecule has 3 aromatic rings. The molecule has 156 valence electrons. The zero-order valence-electron chi connectivity index (χ0n) is 16.3. The van der Waals surface area contributed by atoms with Gasteiger partial charge in [0, 0.05) is 30.3 Å². The molecule has 0 bridgehead atoms. The van der Waals surface area contributed by atoms with Crippen LogP contribution < -0.4 is 15.6 Å². The standard InChI is InChI=1S/C21H20Cl2N4O3/c1-13-2-3-15(9-17(13)22)27-21(28)20(23)18(11-26-27)25-10-14-4-6-24-19(8-14)30-16-5-7-29-12-16/h2-4,6,8-9,11,16,25H,5,7,10,12H2,1H3. The van der Waals surface area contributed by atoms with Crippen molar-refractivity contribution in [3.05, 3.63) is 74.3 Å². The van der Waals surface area contributed by atoms with Crippen molar-refractivity contribution in [1.82, 2.24) is 14.8 Å². The molecule has 1 unspecified atom stereocenters. The van der Waals surface area contributed by atoms with Crippen molar-refractivity contribution in [2.24, 2.45) is 0 Å². The van der Waals surface area contributed by atoms with Gasteiger partial charge in [-0.25, -0.2) is 4.98 Å². The summed E-state index contributed by atoms with van der Waals surface area (Å²) in [5, 5.41) is 7.98. The van der Waals surface area contributed by atoms with E-state index in [4.69, 9.17) is 32.7 Å². The van der Waals surface area contributed by atoms with E-state index < -0.39 is 5.56 Å². The Labute approximate surface area is 183 Å². The molecule has 1 fully saturated rings. The number of aryl methyl sites for hydroxylation is 1. The van der Waals surface area contributed by atoms with Gasteiger partial charge in [0.15, 0.2) is 0 Å². The smallest absolute Gasteiger partial charge is 0.292 e. The summed E-state index contributed by atoms with van der Waals surface area (Å²) in [5.41, 5.74) is 2.42. The first-order chi connectivity index (χ1) is 14.5. The lowest BCUT2D eigenvalue weighted by Crippen LogP contribution is -2.22. The number of ether oxygens (including phenoxy) is 2. The SMILES string of the molecule is Cc1ccc(-n2ncc(NCc3ccnc(OC4CCOC4)c3)c(Cl)c2=O)cc1Cl. The minimum absolute atomic E-state index is 0.0298. The lowest BCUT2D eigenvalue weighted by atomic mass is 10.2. The van der Waals surface area contributed by atoms with Gasteiger partial charge in [0.25, 0.3) is 5.56 Å². The lowest BCUT2D eigenvalue weighted by Gasteiger charge is -2.13. The molecule has 3 heterocycles. The molecule has 7 nitrogen and oxygen atoms in total. The number of benzene rings is 1. The Hall–Kier alpha value is -2.61. The summed E-state index contributed by atoms with van der Waals surface area (Å²) >= 11 is 12.5. The zero-order chi connectivity index (χ0) is 21.1. The maximum Gasteiger partial charge on any atom is 0.292 e. The Kier molecular flexibility index (Phi) is 6.22. The normalized spacial score (nSPS) is 15.9. The quantitative estimate of drug-likeness (QED) is 0.615. The summed E-state index contributed by atoms with van der Waals surface area (Å²) in [7, 11) is 0. The van der Waals surface area contributed by atoms with E-state index in [1.807, 2.05) is 25.1 Å². The van der Waals surface area contributed by atoms with Crippen molar-refractivity contribution in [2.45, 2.75) is 26.0 Å². The number of pyridine rings is 1. The maximum atomic E-state index is 12.7. The van der Waals surface area contributed by atoms with Gasteiger partial charge in [0.2, 0.25) is 5.88 Å². The molecule has 30 heavy (non-hydrogen) atoms. The van der Waals surface area contributed by atoms with E-state index in [-0.39, 0.29) is 11.1 Å². The summed E-state index contributed by atoms with van der Waals surface area (Å²) in [6, 6.07) is 8.99. The Morgan fingerprint density at radius 2 is 2.17 bits per heavy atom. The van der Waals surface area contributed by atoms with E-state index >= 15 is 0 Å². The van der Waals surface area contributed by atoms with E-state index in [9.17, 15) is 4.79 Å². The van der Waals surface area contributed by atoms with Crippen LogP contribution in [0.15, 0.2) is 47.5 Å². The van der Waals surface area contributed by atoms with Gasteiger partial charge < -0.3 is 14.8 Å². The number of aromatic nitrogens is 3. The van der Waals surface area contributed by atoms with Crippen LogP contribution in [-0.2, 0) is 11.3 Å². The molecule has 1 aliphatic rings. The third-order valence-electron chi connectivity index (χ3n) is 4.78. The number of halogens is 2. The molecular weight excluding hydrogens is 427 g/mol. The van der Waals surface area contributed by atoms with Crippen LogP contribution in [0.25, 0.3) is 5.69 Å². The molecule has 1 atom stereocenters. The van der Waals surface area contributed by atoms with Gasteiger partial charge >= 0.3 is 0 Å². The topological polar surface area (TPSA) is 78.3 Å². The van der Waals surface area contributed by atoms with E-state index in [0.717, 1.165) is 17.5 Å². The highest BCUT2D eigenvalue weighted by molar-refractivity contribution is 6.33. The predicted molar refractivity (Wildman–Crippen MR) is 116 cm³/mol. The number of hydrogen-bond acceptors (Lipinski definition) is 6. The zero-order valence-corrected chi connectivity index (χ0v) is 17.8. The largest absolute Gasteiger partial charge is 0.472 e. The van der Waals surface area contributed by atoms with Crippen molar-refractivity contribution in [2.75, 3.05) is 18.5 Å². The fourth-order valence-electron chi connectivity index (χ4n) is 3.05. The first-order valence-electron chi connectivity index (χ1n) is 9.49. The second kappa shape index (κ2) is 9.04. The second-order valence-corrected chi connectivity index (χ2v) is 7.77. The van der Waals surface area contributed by atoms with E-state index in [1.165, 1.54) is 10.9 Å². The molecule has 0 amide bonds. The summed E-state index contributed by atoms with van der Waals surface area (Å²) in [5.74, 6) is 0.542. The Bertz CT molecular complexity index is 1110. The van der Waals surface area contributed by atoms with E-state index in [2.05, 4.69) is 15.4 Å². The number of anilines is 1. The first kappa shape index (κ1) is 20.7. The summed E-state index contributed by atoms with van der Waals surface area (Å²) in [6.45, 7) is 3.60. The predicted octanol–water partition coefficient (Wildman–Crippen LogP) is 4.02. The van der Waals surface area contributed by atoms with Crippen molar-refractivity contribution in [1.29, 1.82) is 0 Å². The number of nitrogens with one attached hydrogen (secondary N) is 1. The minimum atomic E-state index is -0.429. The van der Waals surface area contributed by atoms with E-state index in [1.54, 1.807) is 18.3 Å². The van der Waals surface area contributed by atoms with Gasteiger partial charge in [-0.1, -0.05) is 29.3 Å². The fraction of sp³-hybridized carbons (Fsp3) is 0.286. The molecule has 4 rings (SSSR count). The van der Waals surface area contributed by atoms with E-state index in [0.29, 0.717) is 42.0 Å². The molecule has 1 N–H and O–H groups in total. The van der Waals surface area contributed by atoms with Crippen molar-refractivity contribution < 1.29 is 9.47 Å². The molecule has 0 saturated carbocycles. The van der Waals surface area contributed by atoms with Crippen molar-refractivity contribution in [3.63, 3.8) is 0 Å². The van der Waals surface area contributed by atoms with Crippen LogP contribution in [0.4, 0.5) is 5.69 Å². The van der Waals surface area contributed by atoms with Gasteiger partial charge in [0.05, 0.1) is 30.8 Å². The molecule has 1 saturated heterocycles. The van der Waals surface area contributed by atoms with Crippen LogP contribution in [0.3, 0.4) is 0 Å². The maximum absolute atomic E-state index is 12.7. The molecule has 0 aliphatic carbocycles. The number of rotatable bonds is 6. The lowest BCUT2D eigenvalue weighted by molar-refractivity contribution is 0.138. The van der Waals surface area contributed by atoms with Crippen LogP contribution >= 0.6 is 23.2 Å². The Morgan fingerprint density at radius 1 is 1.30 bits per heavy atom. The molecule has 9 heteroatoms. The van der Waals surface area contributed by atoms with Crippen LogP contribution in [0.5, 0.6) is 5.88 Å². The highest BCUT2D eigenvalue weighted by Crippen LogP contribution is 2.22. The summed E-state index contributed by atoms with van der Waals surface area (Å²) < 4.78 is 12.4. The van der Waals surface area contributed by atoms with Crippen LogP contribution in [0.1, 0.15) is 17.5 Å². The average Bonchev–Trinajstić information content (AvgIpc) is 3.25. The number of hydrogen-bond donors (Lipinski definition) is 1. The average molecular weight is 447 g/mol. The van der Waals surface area contributed by atoms with Gasteiger partial charge in [-0.2, -0.15) is 9.78 Å². The van der Waals surface area contributed by atoms with Crippen LogP contribution in [0, 0.1) is 6.92 Å². The van der Waals surface area contributed by atoms with Gasteiger partial charge in [-0.15, -0.1) is 0 Å². The molecule has 1 aromatic carbocycles. The highest BCUT2D eigenvalue weighted by atomic mass is 35.5. The third-order valence-corrected chi connectivity index (χ3v) is 5.55. The second-order valence-electron chi connectivity index (χ2n) is 6.98. The summed E-state index contributed by atoms with van der Waals surface area (Å²) in [6.07, 6.45) is 4.09. The van der Waals surface area contributed by atoms with Crippen molar-refractivity contribution in [3.8, 4) is 11.6 Å². The fourth-order valence-corrected chi connectivity index (χ4v) is 3.42.